The first-order chi connectivity index (χ1) is 11.5. The van der Waals surface area contributed by atoms with E-state index in [1.54, 1.807) is 0 Å². The minimum absolute atomic E-state index is 0.0996. The van der Waals surface area contributed by atoms with Gasteiger partial charge >= 0.3 is 6.09 Å². The number of hydrogen-bond donors (Lipinski definition) is 1. The van der Waals surface area contributed by atoms with Crippen LogP contribution in [0.3, 0.4) is 0 Å². The van der Waals surface area contributed by atoms with Crippen molar-refractivity contribution in [3.8, 4) is 0 Å². The van der Waals surface area contributed by atoms with Gasteiger partial charge in [0.05, 0.1) is 11.5 Å². The number of nitrogens with one attached hydrogen (secondary N) is 1. The number of nitrogens with zero attached hydrogens (tertiary/aromatic N) is 1. The maximum Gasteiger partial charge on any atom is 0.407 e. The Morgan fingerprint density at radius 2 is 1.88 bits per heavy atom. The van der Waals surface area contributed by atoms with Crippen molar-refractivity contribution in [3.63, 3.8) is 0 Å². The zero-order chi connectivity index (χ0) is 17.0. The van der Waals surface area contributed by atoms with Crippen molar-refractivity contribution in [1.29, 1.82) is 0 Å². The second-order valence-electron chi connectivity index (χ2n) is 6.57. The minimum atomic E-state index is -2.84. The third-order valence-corrected chi connectivity index (χ3v) is 6.54. The molecule has 1 aromatic carbocycles. The molecule has 7 heteroatoms. The number of likely N-dealkylation sites (tertiary alicyclic amines) is 1. The highest BCUT2D eigenvalue weighted by Gasteiger charge is 2.34. The lowest BCUT2D eigenvalue weighted by molar-refractivity contribution is 0.119. The largest absolute Gasteiger partial charge is 0.445 e. The van der Waals surface area contributed by atoms with Crippen LogP contribution in [0.4, 0.5) is 4.79 Å². The van der Waals surface area contributed by atoms with Gasteiger partial charge in [-0.15, -0.1) is 0 Å². The Morgan fingerprint density at radius 1 is 1.17 bits per heavy atom. The van der Waals surface area contributed by atoms with Gasteiger partial charge in [0.2, 0.25) is 0 Å². The van der Waals surface area contributed by atoms with E-state index in [9.17, 15) is 13.2 Å². The SMILES string of the molecule is O=C(NC1CCN(C2CCS(=O)(=O)C2)CC1)OCc1ccccc1. The molecule has 2 aliphatic rings. The van der Waals surface area contributed by atoms with Gasteiger partial charge in [-0.1, -0.05) is 30.3 Å². The van der Waals surface area contributed by atoms with Gasteiger partial charge in [-0.25, -0.2) is 13.2 Å². The number of hydrogen-bond acceptors (Lipinski definition) is 5. The van der Waals surface area contributed by atoms with Gasteiger partial charge in [0.25, 0.3) is 0 Å². The summed E-state index contributed by atoms with van der Waals surface area (Å²) >= 11 is 0. The zero-order valence-corrected chi connectivity index (χ0v) is 14.5. The first kappa shape index (κ1) is 17.2. The molecule has 1 aromatic rings. The van der Waals surface area contributed by atoms with E-state index in [2.05, 4.69) is 10.2 Å². The molecular weight excluding hydrogens is 328 g/mol. The van der Waals surface area contributed by atoms with E-state index >= 15 is 0 Å². The first-order valence-corrected chi connectivity index (χ1v) is 10.3. The summed E-state index contributed by atoms with van der Waals surface area (Å²) in [7, 11) is -2.84. The van der Waals surface area contributed by atoms with Crippen LogP contribution >= 0.6 is 0 Å². The highest BCUT2D eigenvalue weighted by atomic mass is 32.2. The van der Waals surface area contributed by atoms with Crippen LogP contribution in [-0.2, 0) is 21.2 Å². The van der Waals surface area contributed by atoms with Crippen LogP contribution in [0, 0.1) is 0 Å². The normalized spacial score (nSPS) is 24.6. The Labute approximate surface area is 143 Å². The average molecular weight is 352 g/mol. The Bertz CT molecular complexity index is 654. The van der Waals surface area contributed by atoms with Crippen molar-refractivity contribution in [1.82, 2.24) is 10.2 Å². The van der Waals surface area contributed by atoms with Crippen molar-refractivity contribution in [2.45, 2.75) is 38.0 Å². The molecule has 0 saturated carbocycles. The van der Waals surface area contributed by atoms with Crippen molar-refractivity contribution >= 4 is 15.9 Å². The molecule has 0 aromatic heterocycles. The molecule has 0 radical (unpaired) electrons. The lowest BCUT2D eigenvalue weighted by Gasteiger charge is -2.35. The lowest BCUT2D eigenvalue weighted by atomic mass is 10.0. The van der Waals surface area contributed by atoms with Gasteiger partial charge < -0.3 is 10.1 Å². The summed E-state index contributed by atoms with van der Waals surface area (Å²) in [5, 5.41) is 2.91. The maximum absolute atomic E-state index is 11.9. The van der Waals surface area contributed by atoms with Crippen LogP contribution in [0.1, 0.15) is 24.8 Å². The van der Waals surface area contributed by atoms with E-state index < -0.39 is 9.84 Å². The maximum atomic E-state index is 11.9. The van der Waals surface area contributed by atoms with Crippen molar-refractivity contribution in [2.75, 3.05) is 24.6 Å². The van der Waals surface area contributed by atoms with Crippen molar-refractivity contribution in [2.24, 2.45) is 0 Å². The molecule has 2 saturated heterocycles. The van der Waals surface area contributed by atoms with E-state index in [1.807, 2.05) is 30.3 Å². The second-order valence-corrected chi connectivity index (χ2v) is 8.80. The molecule has 2 aliphatic heterocycles. The van der Waals surface area contributed by atoms with Crippen LogP contribution in [0.2, 0.25) is 0 Å². The van der Waals surface area contributed by atoms with Crippen LogP contribution < -0.4 is 5.32 Å². The molecule has 2 fully saturated rings. The van der Waals surface area contributed by atoms with Crippen LogP contribution in [-0.4, -0.2) is 56.1 Å². The van der Waals surface area contributed by atoms with Crippen LogP contribution in [0.15, 0.2) is 30.3 Å². The fraction of sp³-hybridized carbons (Fsp3) is 0.588. The van der Waals surface area contributed by atoms with E-state index in [0.29, 0.717) is 5.75 Å². The van der Waals surface area contributed by atoms with E-state index in [1.165, 1.54) is 0 Å². The summed E-state index contributed by atoms with van der Waals surface area (Å²) in [5.74, 6) is 0.589. The quantitative estimate of drug-likeness (QED) is 0.890. The minimum Gasteiger partial charge on any atom is -0.445 e. The summed E-state index contributed by atoms with van der Waals surface area (Å²) in [6.07, 6.45) is 2.01. The Hall–Kier alpha value is -1.60. The summed E-state index contributed by atoms with van der Waals surface area (Å²) in [6, 6.07) is 9.84. The van der Waals surface area contributed by atoms with Gasteiger partial charge in [0, 0.05) is 25.2 Å². The Morgan fingerprint density at radius 3 is 2.50 bits per heavy atom. The number of carbonyl (C=O) groups excluding carboxylic acids is 1. The molecule has 24 heavy (non-hydrogen) atoms. The highest BCUT2D eigenvalue weighted by Crippen LogP contribution is 2.21. The fourth-order valence-corrected chi connectivity index (χ4v) is 5.17. The lowest BCUT2D eigenvalue weighted by Crippen LogP contribution is -2.48. The summed E-state index contributed by atoms with van der Waals surface area (Å²) in [6.45, 7) is 1.92. The van der Waals surface area contributed by atoms with E-state index in [-0.39, 0.29) is 30.5 Å². The predicted octanol–water partition coefficient (Wildman–Crippen LogP) is 1.56. The van der Waals surface area contributed by atoms with Gasteiger partial charge in [-0.3, -0.25) is 4.90 Å². The summed E-state index contributed by atoms with van der Waals surface area (Å²) in [4.78, 5) is 14.1. The molecular formula is C17H24N2O4S. The van der Waals surface area contributed by atoms with Gasteiger partial charge in [-0.2, -0.15) is 0 Å². The topological polar surface area (TPSA) is 75.7 Å². The molecule has 6 nitrogen and oxygen atoms in total. The third kappa shape index (κ3) is 4.70. The first-order valence-electron chi connectivity index (χ1n) is 8.43. The number of sulfone groups is 1. The standard InChI is InChI=1S/C17H24N2O4S/c20-17(23-12-14-4-2-1-3-5-14)18-15-6-9-19(10-7-15)16-8-11-24(21,22)13-16/h1-5,15-16H,6-13H2,(H,18,20). The number of alkyl carbamates (subject to hydrolysis) is 1. The molecule has 1 N–H and O–H groups in total. The zero-order valence-electron chi connectivity index (χ0n) is 13.7. The van der Waals surface area contributed by atoms with Gasteiger partial charge in [-0.05, 0) is 24.8 Å². The highest BCUT2D eigenvalue weighted by molar-refractivity contribution is 7.91. The number of carbonyl (C=O) groups is 1. The molecule has 1 amide bonds. The van der Waals surface area contributed by atoms with Crippen molar-refractivity contribution < 1.29 is 17.9 Å². The number of benzene rings is 1. The number of amides is 1. The molecule has 0 spiro atoms. The number of ether oxygens (including phenoxy) is 1. The Kier molecular flexibility index (Phi) is 5.40. The van der Waals surface area contributed by atoms with E-state index in [0.717, 1.165) is 37.9 Å². The van der Waals surface area contributed by atoms with Crippen LogP contribution in [0.5, 0.6) is 0 Å². The molecule has 0 bridgehead atoms. The van der Waals surface area contributed by atoms with Crippen LogP contribution in [0.25, 0.3) is 0 Å². The molecule has 132 valence electrons. The number of piperidine rings is 1. The molecule has 1 atom stereocenters. The van der Waals surface area contributed by atoms with Crippen molar-refractivity contribution in [3.05, 3.63) is 35.9 Å². The van der Waals surface area contributed by atoms with E-state index in [4.69, 9.17) is 4.74 Å². The fourth-order valence-electron chi connectivity index (χ4n) is 3.40. The number of rotatable bonds is 4. The second kappa shape index (κ2) is 7.53. The molecule has 2 heterocycles. The average Bonchev–Trinajstić information content (AvgIpc) is 2.95. The predicted molar refractivity (Wildman–Crippen MR) is 91.4 cm³/mol. The molecule has 0 aliphatic carbocycles. The molecule has 1 unspecified atom stereocenters. The van der Waals surface area contributed by atoms with Gasteiger partial charge in [0.1, 0.15) is 6.61 Å². The monoisotopic (exact) mass is 352 g/mol. The summed E-state index contributed by atoms with van der Waals surface area (Å²) in [5.41, 5.74) is 0.963. The Balaban J connectivity index is 1.38. The smallest absolute Gasteiger partial charge is 0.407 e. The summed E-state index contributed by atoms with van der Waals surface area (Å²) < 4.78 is 28.4. The van der Waals surface area contributed by atoms with Gasteiger partial charge in [0.15, 0.2) is 9.84 Å². The molecule has 3 rings (SSSR count). The third-order valence-electron chi connectivity index (χ3n) is 4.79.